The lowest BCUT2D eigenvalue weighted by Gasteiger charge is -2.33. The van der Waals surface area contributed by atoms with Gasteiger partial charge < -0.3 is 10.6 Å². The van der Waals surface area contributed by atoms with Crippen molar-refractivity contribution in [1.29, 1.82) is 0 Å². The van der Waals surface area contributed by atoms with Crippen LogP contribution >= 0.6 is 0 Å². The lowest BCUT2D eigenvalue weighted by molar-refractivity contribution is 0.0636. The van der Waals surface area contributed by atoms with E-state index in [1.807, 2.05) is 6.92 Å². The van der Waals surface area contributed by atoms with Crippen molar-refractivity contribution >= 4 is 11.6 Å². The normalized spacial score (nSPS) is 20.4. The van der Waals surface area contributed by atoms with Gasteiger partial charge in [0, 0.05) is 18.3 Å². The topological polar surface area (TPSA) is 46.3 Å². The molecule has 1 fully saturated rings. The third-order valence-corrected chi connectivity index (χ3v) is 3.31. The molecule has 1 heterocycles. The van der Waals surface area contributed by atoms with Crippen molar-refractivity contribution in [3.8, 4) is 0 Å². The van der Waals surface area contributed by atoms with Crippen LogP contribution in [0.3, 0.4) is 0 Å². The van der Waals surface area contributed by atoms with Crippen molar-refractivity contribution < 1.29 is 9.18 Å². The van der Waals surface area contributed by atoms with E-state index in [1.165, 1.54) is 18.2 Å². The zero-order valence-electron chi connectivity index (χ0n) is 9.95. The minimum atomic E-state index is -0.424. The van der Waals surface area contributed by atoms with Crippen LogP contribution in [0.4, 0.5) is 10.1 Å². The van der Waals surface area contributed by atoms with E-state index < -0.39 is 5.82 Å². The molecule has 1 atom stereocenters. The fourth-order valence-electron chi connectivity index (χ4n) is 2.27. The molecule has 1 aliphatic heterocycles. The first-order valence-corrected chi connectivity index (χ1v) is 5.95. The molecule has 2 N–H and O–H groups in total. The lowest BCUT2D eigenvalue weighted by atomic mass is 10.0. The molecule has 92 valence electrons. The molecule has 0 aromatic heterocycles. The largest absolute Gasteiger partial charge is 0.398 e. The highest BCUT2D eigenvalue weighted by Gasteiger charge is 2.25. The van der Waals surface area contributed by atoms with Crippen molar-refractivity contribution in [2.75, 3.05) is 12.3 Å². The van der Waals surface area contributed by atoms with E-state index in [-0.39, 0.29) is 17.5 Å². The molecule has 0 saturated carbocycles. The molecule has 0 aliphatic carbocycles. The van der Waals surface area contributed by atoms with Crippen LogP contribution in [0.1, 0.15) is 36.5 Å². The summed E-state index contributed by atoms with van der Waals surface area (Å²) in [6.45, 7) is 2.75. The Bertz CT molecular complexity index is 433. The number of carbonyl (C=O) groups excluding carboxylic acids is 1. The number of piperidine rings is 1. The molecular formula is C13H17FN2O. The highest BCUT2D eigenvalue weighted by Crippen LogP contribution is 2.22. The van der Waals surface area contributed by atoms with Crippen LogP contribution in [0.5, 0.6) is 0 Å². The quantitative estimate of drug-likeness (QED) is 0.761. The molecule has 1 amide bonds. The third kappa shape index (κ3) is 2.40. The molecule has 3 nitrogen and oxygen atoms in total. The summed E-state index contributed by atoms with van der Waals surface area (Å²) in [5.74, 6) is -0.582. The van der Waals surface area contributed by atoms with Crippen LogP contribution in [0.15, 0.2) is 18.2 Å². The fraction of sp³-hybridized carbons (Fsp3) is 0.462. The Kier molecular flexibility index (Phi) is 3.31. The predicted octanol–water partition coefficient (Wildman–Crippen LogP) is 2.42. The number of likely N-dealkylation sites (tertiary alicyclic amines) is 1. The number of rotatable bonds is 1. The zero-order chi connectivity index (χ0) is 12.4. The summed E-state index contributed by atoms with van der Waals surface area (Å²) in [5, 5.41) is 0. The Morgan fingerprint density at radius 2 is 2.24 bits per heavy atom. The molecule has 1 aromatic carbocycles. The average Bonchev–Trinajstić information content (AvgIpc) is 2.32. The van der Waals surface area contributed by atoms with E-state index in [0.717, 1.165) is 25.8 Å². The van der Waals surface area contributed by atoms with Crippen LogP contribution in [0, 0.1) is 5.82 Å². The number of halogens is 1. The third-order valence-electron chi connectivity index (χ3n) is 3.31. The first kappa shape index (κ1) is 11.9. The second kappa shape index (κ2) is 4.73. The second-order valence-corrected chi connectivity index (χ2v) is 4.57. The molecule has 1 aliphatic rings. The molecule has 17 heavy (non-hydrogen) atoms. The number of anilines is 1. The summed E-state index contributed by atoms with van der Waals surface area (Å²) in [5.41, 5.74) is 6.35. The number of nitrogens with two attached hydrogens (primary N) is 1. The number of benzene rings is 1. The Labute approximate surface area is 100 Å². The first-order valence-electron chi connectivity index (χ1n) is 5.95. The van der Waals surface area contributed by atoms with Gasteiger partial charge in [-0.3, -0.25) is 4.79 Å². The lowest BCUT2D eigenvalue weighted by Crippen LogP contribution is -2.42. The maximum absolute atomic E-state index is 13.1. The van der Waals surface area contributed by atoms with E-state index in [2.05, 4.69) is 0 Å². The molecule has 0 bridgehead atoms. The van der Waals surface area contributed by atoms with Crippen LogP contribution in [0.2, 0.25) is 0 Å². The van der Waals surface area contributed by atoms with E-state index in [1.54, 1.807) is 4.90 Å². The smallest absolute Gasteiger partial charge is 0.256 e. The van der Waals surface area contributed by atoms with Crippen molar-refractivity contribution in [3.05, 3.63) is 29.6 Å². The van der Waals surface area contributed by atoms with Gasteiger partial charge in [0.1, 0.15) is 5.82 Å². The summed E-state index contributed by atoms with van der Waals surface area (Å²) in [6.07, 6.45) is 3.15. The predicted molar refractivity (Wildman–Crippen MR) is 65.2 cm³/mol. The molecule has 2 rings (SSSR count). The molecule has 4 heteroatoms. The van der Waals surface area contributed by atoms with Gasteiger partial charge in [0.05, 0.1) is 5.56 Å². The van der Waals surface area contributed by atoms with Gasteiger partial charge in [0.25, 0.3) is 5.91 Å². The highest BCUT2D eigenvalue weighted by atomic mass is 19.1. The number of nitrogen functional groups attached to an aromatic ring is 1. The summed E-state index contributed by atoms with van der Waals surface area (Å²) in [4.78, 5) is 14.0. The molecule has 0 radical (unpaired) electrons. The Hall–Kier alpha value is -1.58. The molecule has 0 spiro atoms. The highest BCUT2D eigenvalue weighted by molar-refractivity contribution is 5.99. The maximum atomic E-state index is 13.1. The molecular weight excluding hydrogens is 219 g/mol. The number of nitrogens with zero attached hydrogens (tertiary/aromatic N) is 1. The average molecular weight is 236 g/mol. The fourth-order valence-corrected chi connectivity index (χ4v) is 2.27. The minimum Gasteiger partial charge on any atom is -0.398 e. The zero-order valence-corrected chi connectivity index (χ0v) is 9.95. The number of amides is 1. The van der Waals surface area contributed by atoms with Crippen molar-refractivity contribution in [2.45, 2.75) is 32.2 Å². The monoisotopic (exact) mass is 236 g/mol. The summed E-state index contributed by atoms with van der Waals surface area (Å²) in [7, 11) is 0. The molecule has 1 unspecified atom stereocenters. The summed E-state index contributed by atoms with van der Waals surface area (Å²) < 4.78 is 13.1. The van der Waals surface area contributed by atoms with Gasteiger partial charge in [0.15, 0.2) is 0 Å². The Morgan fingerprint density at radius 1 is 1.47 bits per heavy atom. The molecule has 1 aromatic rings. The van der Waals surface area contributed by atoms with E-state index in [9.17, 15) is 9.18 Å². The molecule has 1 saturated heterocycles. The standard InChI is InChI=1S/C13H17FN2O/c1-9-4-2-3-7-16(9)13(17)11-8-10(14)5-6-12(11)15/h5-6,8-9H,2-4,7,15H2,1H3. The Morgan fingerprint density at radius 3 is 2.94 bits per heavy atom. The van der Waals surface area contributed by atoms with Crippen LogP contribution in [0.25, 0.3) is 0 Å². The van der Waals surface area contributed by atoms with Crippen LogP contribution < -0.4 is 5.73 Å². The summed E-state index contributed by atoms with van der Waals surface area (Å²) >= 11 is 0. The van der Waals surface area contributed by atoms with Crippen LogP contribution in [-0.2, 0) is 0 Å². The van der Waals surface area contributed by atoms with Gasteiger partial charge in [0.2, 0.25) is 0 Å². The van der Waals surface area contributed by atoms with Crippen molar-refractivity contribution in [1.82, 2.24) is 4.90 Å². The van der Waals surface area contributed by atoms with E-state index in [0.29, 0.717) is 5.69 Å². The van der Waals surface area contributed by atoms with Gasteiger partial charge >= 0.3 is 0 Å². The number of hydrogen-bond acceptors (Lipinski definition) is 2. The van der Waals surface area contributed by atoms with Crippen molar-refractivity contribution in [2.24, 2.45) is 0 Å². The summed E-state index contributed by atoms with van der Waals surface area (Å²) in [6, 6.07) is 4.14. The Balaban J connectivity index is 2.26. The minimum absolute atomic E-state index is 0.158. The van der Waals surface area contributed by atoms with E-state index in [4.69, 9.17) is 5.73 Å². The van der Waals surface area contributed by atoms with Crippen LogP contribution in [-0.4, -0.2) is 23.4 Å². The maximum Gasteiger partial charge on any atom is 0.256 e. The first-order chi connectivity index (χ1) is 8.09. The van der Waals surface area contributed by atoms with Gasteiger partial charge in [-0.05, 0) is 44.4 Å². The van der Waals surface area contributed by atoms with Gasteiger partial charge in [-0.2, -0.15) is 0 Å². The number of hydrogen-bond donors (Lipinski definition) is 1. The van der Waals surface area contributed by atoms with Gasteiger partial charge in [-0.25, -0.2) is 4.39 Å². The van der Waals surface area contributed by atoms with Crippen molar-refractivity contribution in [3.63, 3.8) is 0 Å². The number of carbonyl (C=O) groups is 1. The van der Waals surface area contributed by atoms with Gasteiger partial charge in [-0.15, -0.1) is 0 Å². The van der Waals surface area contributed by atoms with Gasteiger partial charge in [-0.1, -0.05) is 0 Å². The second-order valence-electron chi connectivity index (χ2n) is 4.57. The SMILES string of the molecule is CC1CCCCN1C(=O)c1cc(F)ccc1N. The van der Waals surface area contributed by atoms with E-state index >= 15 is 0 Å².